The Morgan fingerprint density at radius 1 is 0.867 bits per heavy atom. The van der Waals surface area contributed by atoms with E-state index in [4.69, 9.17) is 10.5 Å². The molecule has 9 heteroatoms. The molecule has 0 aromatic heterocycles. The summed E-state index contributed by atoms with van der Waals surface area (Å²) in [6.07, 6.45) is 24.1. The number of hydrogen-bond acceptors (Lipinski definition) is 9. The number of aliphatic hydroxyl groups excluding tert-OH is 3. The molecule has 340 valence electrons. The number of nitrogens with two attached hydrogens (primary N) is 1. The maximum atomic E-state index is 13.9. The van der Waals surface area contributed by atoms with Crippen LogP contribution in [0.15, 0.2) is 12.2 Å². The van der Waals surface area contributed by atoms with Crippen LogP contribution >= 0.6 is 0 Å². The van der Waals surface area contributed by atoms with Crippen LogP contribution in [0.3, 0.4) is 0 Å². The average Bonchev–Trinajstić information content (AvgIpc) is 3.30. The summed E-state index contributed by atoms with van der Waals surface area (Å²) in [7, 11) is 1.67. The monoisotopic (exact) mass is 836 g/mol. The third-order valence-corrected chi connectivity index (χ3v) is 16.4. The molecule has 15 unspecified atom stereocenters. The zero-order valence-corrected chi connectivity index (χ0v) is 37.8. The fourth-order valence-corrected chi connectivity index (χ4v) is 12.7. The van der Waals surface area contributed by atoms with E-state index in [2.05, 4.69) is 48.5 Å². The van der Waals surface area contributed by atoms with E-state index in [0.29, 0.717) is 92.8 Å². The van der Waals surface area contributed by atoms with Crippen molar-refractivity contribution in [2.45, 2.75) is 198 Å². The largest absolute Gasteiger partial charge is 0.393 e. The minimum Gasteiger partial charge on any atom is -0.393 e. The van der Waals surface area contributed by atoms with Crippen molar-refractivity contribution in [3.05, 3.63) is 12.2 Å². The fraction of sp³-hybridized carbons (Fsp3) is 0.882. The second kappa shape index (κ2) is 23.9. The van der Waals surface area contributed by atoms with Gasteiger partial charge in [0, 0.05) is 38.3 Å². The second-order valence-corrected chi connectivity index (χ2v) is 21.1. The highest BCUT2D eigenvalue weighted by Crippen LogP contribution is 2.44. The molecule has 0 radical (unpaired) electrons. The third kappa shape index (κ3) is 13.7. The van der Waals surface area contributed by atoms with Crippen LogP contribution in [0.25, 0.3) is 0 Å². The number of carbonyl (C=O) groups is 2. The molecule has 5 fully saturated rings. The number of piperidine rings is 2. The Morgan fingerprint density at radius 2 is 1.67 bits per heavy atom. The van der Waals surface area contributed by atoms with Gasteiger partial charge < -0.3 is 36.4 Å². The lowest BCUT2D eigenvalue weighted by Gasteiger charge is -2.42. The zero-order valence-electron chi connectivity index (χ0n) is 37.8. The van der Waals surface area contributed by atoms with Crippen LogP contribution in [0.5, 0.6) is 0 Å². The summed E-state index contributed by atoms with van der Waals surface area (Å²) in [5.74, 6) is 10.0. The van der Waals surface area contributed by atoms with Gasteiger partial charge in [-0.2, -0.15) is 0 Å². The molecule has 2 heterocycles. The van der Waals surface area contributed by atoms with Crippen LogP contribution in [0.4, 0.5) is 0 Å². The molecule has 3 saturated carbocycles. The normalized spacial score (nSPS) is 36.6. The van der Waals surface area contributed by atoms with Crippen LogP contribution in [-0.4, -0.2) is 83.7 Å². The fourth-order valence-electron chi connectivity index (χ4n) is 12.7. The molecule has 0 aromatic carbocycles. The van der Waals surface area contributed by atoms with E-state index in [1.807, 2.05) is 0 Å². The van der Waals surface area contributed by atoms with Crippen molar-refractivity contribution in [3.63, 3.8) is 0 Å². The first-order valence-corrected chi connectivity index (χ1v) is 25.0. The van der Waals surface area contributed by atoms with Crippen LogP contribution in [0, 0.1) is 76.9 Å². The Bertz CT molecular complexity index is 1420. The minimum absolute atomic E-state index is 0.0180. The topological polar surface area (TPSA) is 154 Å². The Kier molecular flexibility index (Phi) is 19.0. The summed E-state index contributed by atoms with van der Waals surface area (Å²) in [5.41, 5.74) is 6.53. The maximum absolute atomic E-state index is 13.9. The Labute approximate surface area is 364 Å². The lowest BCUT2D eigenvalue weighted by molar-refractivity contribution is -0.125. The summed E-state index contributed by atoms with van der Waals surface area (Å²) in [6.45, 7) is 6.43. The first-order valence-electron chi connectivity index (χ1n) is 25.0. The van der Waals surface area contributed by atoms with Gasteiger partial charge in [-0.25, -0.2) is 0 Å². The number of Topliss-reactive ketones (excluding diaryl/α,β-unsaturated/α-hetero) is 2. The number of nitrogens with one attached hydrogen (secondary N) is 2. The van der Waals surface area contributed by atoms with Crippen molar-refractivity contribution in [2.75, 3.05) is 20.2 Å². The number of ketones is 2. The SMILES string of the molecule is COC1CC2CCC(=O)C(C(O)CCCCC3CNC4CC(=O)CCC4C3)C#CC(CCC(O)C(CCC(C)C)C(C=CC3CCCCC3)C3CCNC(N)C3)C2CC1O. The quantitative estimate of drug-likeness (QED) is 0.0469. The zero-order chi connectivity index (χ0) is 42.6. The molecule has 4 aliphatic carbocycles. The van der Waals surface area contributed by atoms with Gasteiger partial charge in [-0.3, -0.25) is 9.59 Å². The first-order chi connectivity index (χ1) is 29.0. The van der Waals surface area contributed by atoms with E-state index in [1.54, 1.807) is 7.11 Å². The van der Waals surface area contributed by atoms with E-state index in [0.717, 1.165) is 70.9 Å². The molecule has 2 aliphatic heterocycles. The van der Waals surface area contributed by atoms with E-state index in [1.165, 1.54) is 38.5 Å². The standard InChI is InChI=1S/C51H85N3O6/c1-33(2)13-20-42(41(38-25-26-53-51(52)29-38)21-14-34-9-5-4-6-10-34)47(57)23-17-36-16-22-43(48(58)24-18-37-28-50(60-3)49(59)31-44(36)37)46(56)12-8-7-11-35-27-39-15-19-40(55)30-45(39)54-32-35/h14,21,33-39,41-47,49-51,53-54,56-57,59H,4-13,15,17-20,23-32,52H2,1-3H3. The van der Waals surface area contributed by atoms with Crippen molar-refractivity contribution < 1.29 is 29.6 Å². The highest BCUT2D eigenvalue weighted by molar-refractivity contribution is 5.84. The summed E-state index contributed by atoms with van der Waals surface area (Å²) >= 11 is 0. The summed E-state index contributed by atoms with van der Waals surface area (Å²) < 4.78 is 5.75. The summed E-state index contributed by atoms with van der Waals surface area (Å²) in [4.78, 5) is 25.8. The van der Waals surface area contributed by atoms with E-state index < -0.39 is 24.2 Å². The van der Waals surface area contributed by atoms with E-state index in [9.17, 15) is 24.9 Å². The highest BCUT2D eigenvalue weighted by Gasteiger charge is 2.42. The van der Waals surface area contributed by atoms with Gasteiger partial charge in [-0.15, -0.1) is 0 Å². The molecule has 6 rings (SSSR count). The Balaban J connectivity index is 1.15. The van der Waals surface area contributed by atoms with Crippen molar-refractivity contribution in [3.8, 4) is 11.8 Å². The van der Waals surface area contributed by atoms with Gasteiger partial charge in [0.05, 0.1) is 30.6 Å². The third-order valence-electron chi connectivity index (χ3n) is 16.4. The molecule has 60 heavy (non-hydrogen) atoms. The molecule has 0 bridgehead atoms. The number of fused-ring (bicyclic) bond motifs is 2. The molecule has 0 aromatic rings. The number of unbranched alkanes of at least 4 members (excludes halogenated alkanes) is 1. The number of methoxy groups -OCH3 is 1. The summed E-state index contributed by atoms with van der Waals surface area (Å²) in [6, 6.07) is 0.354. The minimum atomic E-state index is -0.805. The number of rotatable bonds is 18. The Hall–Kier alpha value is -1.64. The lowest BCUT2D eigenvalue weighted by Crippen LogP contribution is -2.48. The molecule has 7 N–H and O–H groups in total. The molecule has 15 atom stereocenters. The molecule has 9 nitrogen and oxygen atoms in total. The van der Waals surface area contributed by atoms with Gasteiger partial charge in [0.15, 0.2) is 0 Å². The number of allylic oxidation sites excluding steroid dienone is 2. The highest BCUT2D eigenvalue weighted by atomic mass is 16.5. The molecular formula is C51H85N3O6. The van der Waals surface area contributed by atoms with Gasteiger partial charge in [0.1, 0.15) is 17.5 Å². The van der Waals surface area contributed by atoms with Gasteiger partial charge in [-0.1, -0.05) is 76.4 Å². The number of hydrogen-bond donors (Lipinski definition) is 6. The number of aliphatic hydroxyl groups is 3. The molecule has 0 amide bonds. The van der Waals surface area contributed by atoms with Gasteiger partial charge in [0.25, 0.3) is 0 Å². The van der Waals surface area contributed by atoms with Gasteiger partial charge in [0.2, 0.25) is 0 Å². The average molecular weight is 836 g/mol. The molecular weight excluding hydrogens is 751 g/mol. The number of carbonyl (C=O) groups excluding carboxylic acids is 2. The predicted molar refractivity (Wildman–Crippen MR) is 239 cm³/mol. The van der Waals surface area contributed by atoms with Crippen LogP contribution < -0.4 is 16.4 Å². The summed E-state index contributed by atoms with van der Waals surface area (Å²) in [5, 5.41) is 42.4. The number of ether oxygens (including phenoxy) is 1. The van der Waals surface area contributed by atoms with Crippen molar-refractivity contribution in [1.29, 1.82) is 0 Å². The van der Waals surface area contributed by atoms with Crippen LogP contribution in [-0.2, 0) is 14.3 Å². The van der Waals surface area contributed by atoms with Crippen molar-refractivity contribution in [2.24, 2.45) is 70.8 Å². The van der Waals surface area contributed by atoms with Crippen LogP contribution in [0.2, 0.25) is 0 Å². The maximum Gasteiger partial charge on any atom is 0.150 e. The predicted octanol–water partition coefficient (Wildman–Crippen LogP) is 7.49. The van der Waals surface area contributed by atoms with Crippen LogP contribution in [0.1, 0.15) is 162 Å². The van der Waals surface area contributed by atoms with Crippen molar-refractivity contribution in [1.82, 2.24) is 10.6 Å². The Morgan fingerprint density at radius 3 is 2.43 bits per heavy atom. The molecule has 2 saturated heterocycles. The van der Waals surface area contributed by atoms with Crippen molar-refractivity contribution >= 4 is 11.6 Å². The smallest absolute Gasteiger partial charge is 0.150 e. The molecule has 0 spiro atoms. The second-order valence-electron chi connectivity index (χ2n) is 21.1. The van der Waals surface area contributed by atoms with Gasteiger partial charge >= 0.3 is 0 Å². The molecule has 6 aliphatic rings. The van der Waals surface area contributed by atoms with E-state index in [-0.39, 0.29) is 47.6 Å². The van der Waals surface area contributed by atoms with Gasteiger partial charge in [-0.05, 0) is 156 Å². The van der Waals surface area contributed by atoms with E-state index >= 15 is 0 Å². The lowest BCUT2D eigenvalue weighted by atomic mass is 9.67. The first kappa shape index (κ1) is 47.8.